The molecule has 0 saturated carbocycles. The molecule has 44 heavy (non-hydrogen) atoms. The molecule has 2 aromatic heterocycles. The van der Waals surface area contributed by atoms with Crippen LogP contribution < -0.4 is 10.6 Å². The Kier molecular flexibility index (Phi) is 7.07. The molecule has 0 unspecified atom stereocenters. The Morgan fingerprint density at radius 3 is 2.48 bits per heavy atom. The zero-order valence-electron chi connectivity index (χ0n) is 21.8. The summed E-state index contributed by atoms with van der Waals surface area (Å²) in [5.41, 5.74) is -1.61. The van der Waals surface area contributed by atoms with Crippen LogP contribution in [0.1, 0.15) is 55.6 Å². The summed E-state index contributed by atoms with van der Waals surface area (Å²) in [5.74, 6) is -3.81. The van der Waals surface area contributed by atoms with Crippen molar-refractivity contribution in [3.8, 4) is 11.1 Å². The van der Waals surface area contributed by atoms with Crippen LogP contribution in [0.5, 0.6) is 0 Å². The van der Waals surface area contributed by atoms with E-state index in [4.69, 9.17) is 11.6 Å². The topological polar surface area (TPSA) is 75.5 Å². The van der Waals surface area contributed by atoms with Crippen molar-refractivity contribution in [2.24, 2.45) is 0 Å². The number of amides is 2. The van der Waals surface area contributed by atoms with Crippen molar-refractivity contribution in [2.75, 3.05) is 5.32 Å². The van der Waals surface area contributed by atoms with Crippen molar-refractivity contribution in [1.29, 1.82) is 0 Å². The average Bonchev–Trinajstić information content (AvgIpc) is 3.54. The van der Waals surface area contributed by atoms with Crippen LogP contribution in [0.15, 0.2) is 73.1 Å². The zero-order chi connectivity index (χ0) is 31.5. The minimum atomic E-state index is -4.95. The van der Waals surface area contributed by atoms with Crippen molar-refractivity contribution in [3.63, 3.8) is 0 Å². The van der Waals surface area contributed by atoms with Gasteiger partial charge in [-0.1, -0.05) is 11.6 Å². The maximum atomic E-state index is 14.2. The number of alkyl halides is 5. The van der Waals surface area contributed by atoms with Gasteiger partial charge in [-0.2, -0.15) is 13.2 Å². The van der Waals surface area contributed by atoms with Crippen LogP contribution in [0.25, 0.3) is 16.8 Å². The van der Waals surface area contributed by atoms with E-state index in [-0.39, 0.29) is 44.7 Å². The molecule has 2 N–H and O–H groups in total. The SMILES string of the molecule is O=C(Nc1cc(-c2ccc3ncc(C(F)F)n3c2)cc2c1[C@@H](c1cc(F)ccc1Cl)NC2=O)c1cc(F)cc(C(F)(F)F)c1. The molecular formula is C30H16ClF7N4O2. The van der Waals surface area contributed by atoms with Crippen molar-refractivity contribution in [1.82, 2.24) is 14.7 Å². The fraction of sp³-hybridized carbons (Fsp3) is 0.100. The van der Waals surface area contributed by atoms with Gasteiger partial charge in [-0.3, -0.25) is 14.0 Å². The molecule has 6 nitrogen and oxygen atoms in total. The van der Waals surface area contributed by atoms with E-state index in [1.54, 1.807) is 0 Å². The fourth-order valence-corrected chi connectivity index (χ4v) is 5.31. The fourth-order valence-electron chi connectivity index (χ4n) is 5.08. The number of nitrogens with zero attached hydrogens (tertiary/aromatic N) is 2. The van der Waals surface area contributed by atoms with Gasteiger partial charge in [-0.15, -0.1) is 0 Å². The van der Waals surface area contributed by atoms with Gasteiger partial charge >= 0.3 is 6.18 Å². The third-order valence-electron chi connectivity index (χ3n) is 7.08. The molecule has 2 amide bonds. The average molecular weight is 633 g/mol. The number of fused-ring (bicyclic) bond motifs is 2. The highest BCUT2D eigenvalue weighted by Gasteiger charge is 2.36. The lowest BCUT2D eigenvalue weighted by molar-refractivity contribution is -0.137. The third kappa shape index (κ3) is 5.23. The predicted molar refractivity (Wildman–Crippen MR) is 146 cm³/mol. The Morgan fingerprint density at radius 1 is 0.977 bits per heavy atom. The summed E-state index contributed by atoms with van der Waals surface area (Å²) in [5, 5.41) is 5.17. The molecule has 0 bridgehead atoms. The molecule has 0 radical (unpaired) electrons. The number of carbonyl (C=O) groups is 2. The summed E-state index contributed by atoms with van der Waals surface area (Å²) in [4.78, 5) is 30.4. The number of halogens is 8. The summed E-state index contributed by atoms with van der Waals surface area (Å²) in [7, 11) is 0. The first-order valence-electron chi connectivity index (χ1n) is 12.7. The summed E-state index contributed by atoms with van der Waals surface area (Å²) < 4.78 is 96.6. The number of imidazole rings is 1. The van der Waals surface area contributed by atoms with Crippen LogP contribution in [0.3, 0.4) is 0 Å². The molecule has 3 heterocycles. The van der Waals surface area contributed by atoms with Crippen LogP contribution in [-0.4, -0.2) is 21.2 Å². The molecular weight excluding hydrogens is 617 g/mol. The lowest BCUT2D eigenvalue weighted by atomic mass is 9.93. The summed E-state index contributed by atoms with van der Waals surface area (Å²) in [6.07, 6.45) is -5.46. The molecule has 14 heteroatoms. The first-order chi connectivity index (χ1) is 20.8. The van der Waals surface area contributed by atoms with Crippen molar-refractivity contribution < 1.29 is 40.3 Å². The van der Waals surface area contributed by atoms with E-state index in [2.05, 4.69) is 15.6 Å². The number of hydrogen-bond acceptors (Lipinski definition) is 3. The molecule has 1 aliphatic heterocycles. The second kappa shape index (κ2) is 10.7. The molecule has 0 saturated heterocycles. The maximum Gasteiger partial charge on any atom is 0.416 e. The Hall–Kier alpha value is -4.91. The first-order valence-corrected chi connectivity index (χ1v) is 13.1. The molecule has 3 aromatic carbocycles. The van der Waals surface area contributed by atoms with E-state index >= 15 is 0 Å². The Balaban J connectivity index is 1.52. The van der Waals surface area contributed by atoms with Gasteiger partial charge in [0.15, 0.2) is 0 Å². The molecule has 6 rings (SSSR count). The lowest BCUT2D eigenvalue weighted by Crippen LogP contribution is -2.21. The Bertz CT molecular complexity index is 1990. The monoisotopic (exact) mass is 632 g/mol. The van der Waals surface area contributed by atoms with E-state index in [1.807, 2.05) is 0 Å². The smallest absolute Gasteiger partial charge is 0.341 e. The van der Waals surface area contributed by atoms with Gasteiger partial charge in [0, 0.05) is 39.2 Å². The van der Waals surface area contributed by atoms with Gasteiger partial charge in [0.05, 0.1) is 17.8 Å². The van der Waals surface area contributed by atoms with E-state index in [1.165, 1.54) is 36.5 Å². The minimum Gasteiger partial charge on any atom is -0.341 e. The largest absolute Gasteiger partial charge is 0.416 e. The quantitative estimate of drug-likeness (QED) is 0.193. The van der Waals surface area contributed by atoms with Crippen LogP contribution in [0.2, 0.25) is 5.02 Å². The first kappa shape index (κ1) is 29.2. The lowest BCUT2D eigenvalue weighted by Gasteiger charge is -2.19. The van der Waals surface area contributed by atoms with E-state index in [0.717, 1.165) is 22.7 Å². The molecule has 1 aliphatic rings. The molecule has 224 valence electrons. The van der Waals surface area contributed by atoms with Gasteiger partial charge in [0.25, 0.3) is 18.2 Å². The second-order valence-corrected chi connectivity index (χ2v) is 10.3. The number of pyridine rings is 1. The molecule has 0 aliphatic carbocycles. The molecule has 0 fully saturated rings. The zero-order valence-corrected chi connectivity index (χ0v) is 22.6. The van der Waals surface area contributed by atoms with E-state index in [0.29, 0.717) is 17.7 Å². The summed E-state index contributed by atoms with van der Waals surface area (Å²) >= 11 is 6.31. The number of carbonyl (C=O) groups excluding carboxylic acids is 2. The van der Waals surface area contributed by atoms with Gasteiger partial charge < -0.3 is 10.6 Å². The van der Waals surface area contributed by atoms with Gasteiger partial charge in [-0.05, 0) is 71.8 Å². The Morgan fingerprint density at radius 2 is 1.75 bits per heavy atom. The number of hydrogen-bond donors (Lipinski definition) is 2. The Labute approximate surface area is 248 Å². The summed E-state index contributed by atoms with van der Waals surface area (Å²) in [6, 6.07) is 9.39. The third-order valence-corrected chi connectivity index (χ3v) is 7.43. The molecule has 1 atom stereocenters. The van der Waals surface area contributed by atoms with E-state index < -0.39 is 58.9 Å². The molecule has 5 aromatic rings. The highest BCUT2D eigenvalue weighted by molar-refractivity contribution is 6.31. The van der Waals surface area contributed by atoms with E-state index in [9.17, 15) is 40.3 Å². The van der Waals surface area contributed by atoms with Crippen molar-refractivity contribution in [2.45, 2.75) is 18.6 Å². The highest BCUT2D eigenvalue weighted by atomic mass is 35.5. The van der Waals surface area contributed by atoms with Crippen LogP contribution in [0, 0.1) is 11.6 Å². The number of benzene rings is 3. The van der Waals surface area contributed by atoms with Crippen molar-refractivity contribution in [3.05, 3.63) is 123 Å². The normalized spacial score (nSPS) is 14.7. The van der Waals surface area contributed by atoms with Crippen LogP contribution in [-0.2, 0) is 6.18 Å². The van der Waals surface area contributed by atoms with Gasteiger partial charge in [0.2, 0.25) is 0 Å². The van der Waals surface area contributed by atoms with Crippen LogP contribution in [0.4, 0.5) is 36.4 Å². The maximum absolute atomic E-state index is 14.2. The molecule has 0 spiro atoms. The highest BCUT2D eigenvalue weighted by Crippen LogP contribution is 2.42. The second-order valence-electron chi connectivity index (χ2n) is 9.87. The van der Waals surface area contributed by atoms with Gasteiger partial charge in [0.1, 0.15) is 23.0 Å². The number of nitrogens with one attached hydrogen (secondary N) is 2. The summed E-state index contributed by atoms with van der Waals surface area (Å²) in [6.45, 7) is 0. The number of aromatic nitrogens is 2. The minimum absolute atomic E-state index is 0.0156. The van der Waals surface area contributed by atoms with Crippen molar-refractivity contribution >= 4 is 34.7 Å². The number of rotatable bonds is 5. The number of anilines is 1. The van der Waals surface area contributed by atoms with Gasteiger partial charge in [-0.25, -0.2) is 22.5 Å². The standard InChI is InChI=1S/C30H16ClF7N4O2/c31-21-3-2-17(32)10-19(21)26-25-20(29(44)41-26)7-14(13-1-4-24-39-11-23(27(34)35)42(24)12-13)8-22(25)40-28(43)15-5-16(30(36,37)38)9-18(33)6-15/h1-12,26-27H,(H,40,43)(H,41,44)/t26-/m1/s1. The van der Waals surface area contributed by atoms with Crippen LogP contribution >= 0.6 is 11.6 Å². The predicted octanol–water partition coefficient (Wildman–Crippen LogP) is 7.97.